The van der Waals surface area contributed by atoms with Crippen LogP contribution < -0.4 is 21.3 Å². The van der Waals surface area contributed by atoms with E-state index in [1.807, 2.05) is 6.08 Å². The first kappa shape index (κ1) is 33.0. The van der Waals surface area contributed by atoms with Crippen molar-refractivity contribution in [3.8, 4) is 0 Å². The molecule has 10 nitrogen and oxygen atoms in total. The van der Waals surface area contributed by atoms with E-state index in [1.54, 1.807) is 19.1 Å². The van der Waals surface area contributed by atoms with Gasteiger partial charge in [0.2, 0.25) is 23.6 Å². The van der Waals surface area contributed by atoms with E-state index >= 15 is 0 Å². The molecule has 0 aliphatic carbocycles. The molecule has 214 valence electrons. The van der Waals surface area contributed by atoms with E-state index in [1.165, 1.54) is 44.4 Å². The number of aliphatic hydroxyl groups excluding tert-OH is 2. The molecule has 4 amide bonds. The van der Waals surface area contributed by atoms with Gasteiger partial charge < -0.3 is 31.5 Å². The van der Waals surface area contributed by atoms with Crippen LogP contribution in [0.25, 0.3) is 0 Å². The minimum Gasteiger partial charge on any atom is -0.393 e. The Kier molecular flexibility index (Phi) is 15.9. The van der Waals surface area contributed by atoms with Crippen molar-refractivity contribution in [2.24, 2.45) is 5.92 Å². The smallest absolute Gasteiger partial charge is 0.245 e. The molecule has 0 radical (unpaired) electrons. The van der Waals surface area contributed by atoms with Gasteiger partial charge in [0.25, 0.3) is 0 Å². The summed E-state index contributed by atoms with van der Waals surface area (Å²) in [6, 6.07) is -2.92. The van der Waals surface area contributed by atoms with E-state index in [2.05, 4.69) is 35.1 Å². The molecule has 6 N–H and O–H groups in total. The zero-order chi connectivity index (χ0) is 28.5. The predicted octanol–water partition coefficient (Wildman–Crippen LogP) is 1.39. The van der Waals surface area contributed by atoms with Crippen molar-refractivity contribution in [3.05, 3.63) is 36.5 Å². The molecule has 0 bridgehead atoms. The first-order valence-electron chi connectivity index (χ1n) is 13.6. The molecule has 1 rings (SSSR count). The maximum absolute atomic E-state index is 12.9. The lowest BCUT2D eigenvalue weighted by molar-refractivity contribution is -0.134. The molecule has 38 heavy (non-hydrogen) atoms. The number of aliphatic hydroxyl groups is 2. The molecule has 0 spiro atoms. The van der Waals surface area contributed by atoms with Crippen LogP contribution in [0.2, 0.25) is 0 Å². The van der Waals surface area contributed by atoms with Crippen LogP contribution in [-0.2, 0) is 19.2 Å². The van der Waals surface area contributed by atoms with Crippen molar-refractivity contribution in [2.45, 2.75) is 103 Å². The second kappa shape index (κ2) is 18.3. The Morgan fingerprint density at radius 2 is 1.89 bits per heavy atom. The van der Waals surface area contributed by atoms with E-state index < -0.39 is 48.1 Å². The highest BCUT2D eigenvalue weighted by Gasteiger charge is 2.31. The number of carbonyl (C=O) groups excluding carboxylic acids is 4. The van der Waals surface area contributed by atoms with Crippen molar-refractivity contribution in [1.82, 2.24) is 21.3 Å². The molecule has 3 unspecified atom stereocenters. The minimum atomic E-state index is -1.31. The highest BCUT2D eigenvalue weighted by atomic mass is 16.3. The zero-order valence-corrected chi connectivity index (χ0v) is 23.1. The lowest BCUT2D eigenvalue weighted by Crippen LogP contribution is -2.58. The van der Waals surface area contributed by atoms with Crippen LogP contribution >= 0.6 is 0 Å². The average molecular weight is 535 g/mol. The molecule has 1 aliphatic heterocycles. The van der Waals surface area contributed by atoms with Crippen LogP contribution in [0.3, 0.4) is 0 Å². The normalized spacial score (nSPS) is 23.7. The van der Waals surface area contributed by atoms with Crippen LogP contribution in [0.4, 0.5) is 0 Å². The van der Waals surface area contributed by atoms with E-state index in [-0.39, 0.29) is 25.3 Å². The first-order valence-corrected chi connectivity index (χ1v) is 13.6. The number of allylic oxidation sites excluding steroid dienone is 3. The summed E-state index contributed by atoms with van der Waals surface area (Å²) in [6.45, 7) is 7.65. The Bertz CT molecular complexity index is 852. The van der Waals surface area contributed by atoms with Crippen LogP contribution in [0.1, 0.15) is 72.6 Å². The SMILES string of the molecule is CC(C)CCCCC/C=C/C=C/C(=O)N[C@H](C(=O)NC1CC(O)CCNC(=O)/C=C/[C@H](C)NC1=O)C(C)O. The molecular weight excluding hydrogens is 488 g/mol. The summed E-state index contributed by atoms with van der Waals surface area (Å²) in [6.07, 6.45) is 12.9. The van der Waals surface area contributed by atoms with Crippen LogP contribution in [0, 0.1) is 5.92 Å². The Hall–Kier alpha value is -2.98. The van der Waals surface area contributed by atoms with Gasteiger partial charge in [0.15, 0.2) is 0 Å². The van der Waals surface area contributed by atoms with Gasteiger partial charge in [-0.25, -0.2) is 0 Å². The third-order valence-electron chi connectivity index (χ3n) is 6.03. The molecule has 0 saturated carbocycles. The molecule has 0 aromatic rings. The van der Waals surface area contributed by atoms with E-state index in [9.17, 15) is 29.4 Å². The second-order valence-corrected chi connectivity index (χ2v) is 10.2. The van der Waals surface area contributed by atoms with Gasteiger partial charge in [-0.2, -0.15) is 0 Å². The number of amides is 4. The highest BCUT2D eigenvalue weighted by Crippen LogP contribution is 2.10. The van der Waals surface area contributed by atoms with Gasteiger partial charge in [-0.15, -0.1) is 0 Å². The molecular formula is C28H46N4O6. The Balaban J connectivity index is 2.70. The van der Waals surface area contributed by atoms with Crippen molar-refractivity contribution < 1.29 is 29.4 Å². The predicted molar refractivity (Wildman–Crippen MR) is 147 cm³/mol. The number of hydrogen-bond donors (Lipinski definition) is 6. The maximum atomic E-state index is 12.9. The van der Waals surface area contributed by atoms with E-state index in [4.69, 9.17) is 0 Å². The fourth-order valence-corrected chi connectivity index (χ4v) is 3.82. The van der Waals surface area contributed by atoms with Crippen LogP contribution in [0.5, 0.6) is 0 Å². The lowest BCUT2D eigenvalue weighted by atomic mass is 10.0. The van der Waals surface area contributed by atoms with Crippen molar-refractivity contribution in [2.75, 3.05) is 6.54 Å². The summed E-state index contributed by atoms with van der Waals surface area (Å²) >= 11 is 0. The number of unbranched alkanes of at least 4 members (excludes halogenated alkanes) is 3. The Morgan fingerprint density at radius 3 is 2.58 bits per heavy atom. The molecule has 0 aromatic carbocycles. The van der Waals surface area contributed by atoms with Gasteiger partial charge in [0, 0.05) is 31.2 Å². The third-order valence-corrected chi connectivity index (χ3v) is 6.03. The third kappa shape index (κ3) is 14.7. The van der Waals surface area contributed by atoms with Gasteiger partial charge in [-0.05, 0) is 39.0 Å². The molecule has 1 aliphatic rings. The standard InChI is InChI=1S/C28H46N4O6/c1-19(2)12-10-8-6-5-7-9-11-13-25(36)32-26(21(4)33)28(38)31-23-18-22(34)16-17-29-24(35)15-14-20(3)30-27(23)37/h7,9,11,13-15,19-23,26,33-34H,5-6,8,10,12,16-18H2,1-4H3,(H,29,35)(H,30,37)(H,31,38)(H,32,36)/b9-7+,13-11+,15-14+/t20-,21?,22?,23?,26-/m0/s1. The minimum absolute atomic E-state index is 0.105. The molecule has 1 heterocycles. The van der Waals surface area contributed by atoms with Crippen molar-refractivity contribution in [3.63, 3.8) is 0 Å². The molecule has 0 aromatic heterocycles. The molecule has 5 atom stereocenters. The molecule has 0 saturated heterocycles. The quantitative estimate of drug-likeness (QED) is 0.126. The summed E-state index contributed by atoms with van der Waals surface area (Å²) in [5, 5.41) is 30.8. The largest absolute Gasteiger partial charge is 0.393 e. The van der Waals surface area contributed by atoms with Crippen molar-refractivity contribution in [1.29, 1.82) is 0 Å². The second-order valence-electron chi connectivity index (χ2n) is 10.2. The number of hydrogen-bond acceptors (Lipinski definition) is 6. The first-order chi connectivity index (χ1) is 18.0. The number of rotatable bonds is 12. The lowest BCUT2D eigenvalue weighted by Gasteiger charge is -2.26. The van der Waals surface area contributed by atoms with Crippen molar-refractivity contribution >= 4 is 23.6 Å². The van der Waals surface area contributed by atoms with Gasteiger partial charge in [0.05, 0.1) is 12.2 Å². The van der Waals surface area contributed by atoms with Gasteiger partial charge in [0.1, 0.15) is 12.1 Å². The summed E-state index contributed by atoms with van der Waals surface area (Å²) in [5.74, 6) is -1.49. The fraction of sp³-hybridized carbons (Fsp3) is 0.643. The Labute approximate surface area is 226 Å². The fourth-order valence-electron chi connectivity index (χ4n) is 3.82. The van der Waals surface area contributed by atoms with Gasteiger partial charge >= 0.3 is 0 Å². The monoisotopic (exact) mass is 534 g/mol. The van der Waals surface area contributed by atoms with Gasteiger partial charge in [-0.3, -0.25) is 19.2 Å². The number of carbonyl (C=O) groups is 4. The van der Waals surface area contributed by atoms with Gasteiger partial charge in [-0.1, -0.05) is 57.4 Å². The molecule has 10 heteroatoms. The summed E-state index contributed by atoms with van der Waals surface area (Å²) in [4.78, 5) is 49.8. The van der Waals surface area contributed by atoms with E-state index in [0.717, 1.165) is 18.8 Å². The summed E-state index contributed by atoms with van der Waals surface area (Å²) in [7, 11) is 0. The number of nitrogens with one attached hydrogen (secondary N) is 4. The van der Waals surface area contributed by atoms with Crippen LogP contribution in [0.15, 0.2) is 36.5 Å². The highest BCUT2D eigenvalue weighted by molar-refractivity contribution is 5.95. The zero-order valence-electron chi connectivity index (χ0n) is 23.1. The molecule has 0 fully saturated rings. The summed E-state index contributed by atoms with van der Waals surface area (Å²) in [5.41, 5.74) is 0. The Morgan fingerprint density at radius 1 is 1.16 bits per heavy atom. The summed E-state index contributed by atoms with van der Waals surface area (Å²) < 4.78 is 0. The average Bonchev–Trinajstić information content (AvgIpc) is 2.83. The van der Waals surface area contributed by atoms with Crippen LogP contribution in [-0.4, -0.2) is 70.7 Å². The maximum Gasteiger partial charge on any atom is 0.245 e. The van der Waals surface area contributed by atoms with E-state index in [0.29, 0.717) is 0 Å². The topological polar surface area (TPSA) is 157 Å².